The Balaban J connectivity index is 1.97. The van der Waals surface area contributed by atoms with E-state index < -0.39 is 17.5 Å². The summed E-state index contributed by atoms with van der Waals surface area (Å²) < 4.78 is 40.3. The van der Waals surface area contributed by atoms with Crippen molar-refractivity contribution in [1.82, 2.24) is 5.48 Å². The summed E-state index contributed by atoms with van der Waals surface area (Å²) in [5, 5.41) is 3.09. The van der Waals surface area contributed by atoms with Crippen LogP contribution in [0.15, 0.2) is 47.8 Å². The summed E-state index contributed by atoms with van der Waals surface area (Å²) in [6.07, 6.45) is 2.63. The first-order valence-corrected chi connectivity index (χ1v) is 9.57. The molecule has 9 heteroatoms. The highest BCUT2D eigenvalue weighted by Crippen LogP contribution is 2.34. The van der Waals surface area contributed by atoms with E-state index in [1.54, 1.807) is 13.0 Å². The van der Waals surface area contributed by atoms with Crippen LogP contribution in [0, 0.1) is 22.1 Å². The minimum atomic E-state index is -0.811. The first-order valence-electron chi connectivity index (χ1n) is 8.49. The number of hydrogen-bond donors (Lipinski definition) is 2. The minimum absolute atomic E-state index is 0.0151. The van der Waals surface area contributed by atoms with Gasteiger partial charge in [-0.3, -0.25) is 9.63 Å². The van der Waals surface area contributed by atoms with Crippen LogP contribution in [-0.4, -0.2) is 19.1 Å². The smallest absolute Gasteiger partial charge is 0.277 e. The van der Waals surface area contributed by atoms with Gasteiger partial charge in [-0.1, -0.05) is 6.58 Å². The molecule has 1 amide bonds. The van der Waals surface area contributed by atoms with E-state index in [0.29, 0.717) is 14.5 Å². The van der Waals surface area contributed by atoms with E-state index in [4.69, 9.17) is 14.0 Å². The van der Waals surface area contributed by atoms with Crippen molar-refractivity contribution < 1.29 is 27.6 Å². The Morgan fingerprint density at radius 1 is 1.31 bits per heavy atom. The normalized spacial score (nSPS) is 10.8. The Morgan fingerprint density at radius 2 is 2.10 bits per heavy atom. The second kappa shape index (κ2) is 9.23. The fraction of sp³-hybridized carbons (Fsp3) is 0.150. The van der Waals surface area contributed by atoms with Gasteiger partial charge in [0.05, 0.1) is 29.5 Å². The van der Waals surface area contributed by atoms with Crippen molar-refractivity contribution in [3.8, 4) is 0 Å². The Labute approximate surface area is 178 Å². The van der Waals surface area contributed by atoms with Crippen LogP contribution in [0.1, 0.15) is 15.9 Å². The molecule has 0 saturated carbocycles. The number of benzene rings is 2. The van der Waals surface area contributed by atoms with Crippen LogP contribution in [-0.2, 0) is 9.57 Å². The van der Waals surface area contributed by atoms with Crippen LogP contribution in [0.5, 0.6) is 0 Å². The fourth-order valence-electron chi connectivity index (χ4n) is 2.62. The molecule has 3 aromatic rings. The molecule has 0 bridgehead atoms. The van der Waals surface area contributed by atoms with Crippen molar-refractivity contribution >= 4 is 50.8 Å². The first-order chi connectivity index (χ1) is 13.9. The van der Waals surface area contributed by atoms with Crippen molar-refractivity contribution in [2.24, 2.45) is 0 Å². The van der Waals surface area contributed by atoms with Gasteiger partial charge < -0.3 is 14.5 Å². The largest absolute Gasteiger partial charge is 0.499 e. The number of ether oxygens (including phenoxy) is 1. The number of amides is 1. The maximum absolute atomic E-state index is 15.2. The van der Waals surface area contributed by atoms with Crippen LogP contribution >= 0.6 is 22.6 Å². The van der Waals surface area contributed by atoms with Gasteiger partial charge in [-0.05, 0) is 59.3 Å². The van der Waals surface area contributed by atoms with Crippen molar-refractivity contribution in [3.05, 3.63) is 69.7 Å². The average molecular weight is 514 g/mol. The van der Waals surface area contributed by atoms with E-state index in [2.05, 4.69) is 17.4 Å². The number of nitrogens with one attached hydrogen (secondary N) is 2. The van der Waals surface area contributed by atoms with E-state index in [1.165, 1.54) is 30.7 Å². The Bertz CT molecular complexity index is 1070. The van der Waals surface area contributed by atoms with E-state index in [9.17, 15) is 9.18 Å². The molecule has 0 spiro atoms. The fourth-order valence-corrected chi connectivity index (χ4v) is 3.08. The summed E-state index contributed by atoms with van der Waals surface area (Å²) in [6.45, 7) is 5.35. The van der Waals surface area contributed by atoms with Gasteiger partial charge in [0, 0.05) is 8.96 Å². The summed E-state index contributed by atoms with van der Waals surface area (Å²) >= 11 is 1.96. The molecule has 1 aromatic heterocycles. The lowest BCUT2D eigenvalue weighted by atomic mass is 10.1. The Morgan fingerprint density at radius 3 is 2.83 bits per heavy atom. The molecule has 0 unspecified atom stereocenters. The van der Waals surface area contributed by atoms with Crippen LogP contribution in [0.2, 0.25) is 0 Å². The molecular weight excluding hydrogens is 497 g/mol. The summed E-state index contributed by atoms with van der Waals surface area (Å²) in [7, 11) is 0. The second-order valence-corrected chi connectivity index (χ2v) is 7.22. The van der Waals surface area contributed by atoms with Gasteiger partial charge in [0.1, 0.15) is 19.0 Å². The third-order valence-electron chi connectivity index (χ3n) is 4.02. The lowest BCUT2D eigenvalue weighted by Gasteiger charge is -2.14. The highest BCUT2D eigenvalue weighted by Gasteiger charge is 2.23. The van der Waals surface area contributed by atoms with Gasteiger partial charge in [0.2, 0.25) is 0 Å². The van der Waals surface area contributed by atoms with E-state index in [1.807, 2.05) is 22.6 Å². The van der Waals surface area contributed by atoms with Crippen LogP contribution in [0.4, 0.5) is 20.2 Å². The summed E-state index contributed by atoms with van der Waals surface area (Å²) in [5.74, 6) is -2.11. The van der Waals surface area contributed by atoms with E-state index >= 15 is 4.39 Å². The number of halogens is 3. The summed E-state index contributed by atoms with van der Waals surface area (Å²) in [5.41, 5.74) is 2.57. The number of hydrogen-bond acceptors (Lipinski definition) is 5. The first kappa shape index (κ1) is 21.1. The topological polar surface area (TPSA) is 72.7 Å². The quantitative estimate of drug-likeness (QED) is 0.188. The molecule has 0 radical (unpaired) electrons. The number of aryl methyl sites for hydroxylation is 1. The minimum Gasteiger partial charge on any atom is -0.499 e. The van der Waals surface area contributed by atoms with Crippen molar-refractivity contribution in [1.29, 1.82) is 0 Å². The van der Waals surface area contributed by atoms with E-state index in [0.717, 1.165) is 0 Å². The highest BCUT2D eigenvalue weighted by molar-refractivity contribution is 14.1. The lowest BCUT2D eigenvalue weighted by Crippen LogP contribution is -2.26. The summed E-state index contributed by atoms with van der Waals surface area (Å²) in [4.78, 5) is 17.7. The predicted molar refractivity (Wildman–Crippen MR) is 113 cm³/mol. The number of carbonyl (C=O) groups excluding carboxylic acids is 1. The maximum Gasteiger partial charge on any atom is 0.277 e. The average Bonchev–Trinajstić information content (AvgIpc) is 3.06. The van der Waals surface area contributed by atoms with Gasteiger partial charge in [-0.15, -0.1) is 0 Å². The molecule has 0 aliphatic carbocycles. The molecule has 0 saturated heterocycles. The summed E-state index contributed by atoms with van der Waals surface area (Å²) in [6, 6.07) is 5.86. The van der Waals surface area contributed by atoms with Crippen molar-refractivity contribution in [2.45, 2.75) is 6.92 Å². The number of fused-ring (bicyclic) bond motifs is 1. The van der Waals surface area contributed by atoms with Crippen LogP contribution < -0.4 is 10.8 Å². The number of carbonyl (C=O) groups is 1. The Hall–Kier alpha value is -2.66. The molecule has 3 rings (SSSR count). The maximum atomic E-state index is 15.2. The molecule has 2 N–H and O–H groups in total. The molecule has 29 heavy (non-hydrogen) atoms. The zero-order chi connectivity index (χ0) is 21.0. The Kier molecular flexibility index (Phi) is 6.70. The third-order valence-corrected chi connectivity index (χ3v) is 4.69. The van der Waals surface area contributed by atoms with Gasteiger partial charge in [0.25, 0.3) is 5.91 Å². The number of hydroxylamine groups is 1. The standard InChI is InChI=1S/C20H17F2IN2O4/c1-3-27-6-7-29-25-20(26)14-9-13-11(2)10-28-19(13)17(22)18(14)24-16-5-4-12(23)8-15(16)21/h3-5,8-10,24H,1,6-7H2,2H3,(H,25,26). The monoisotopic (exact) mass is 514 g/mol. The van der Waals surface area contributed by atoms with Gasteiger partial charge in [-0.25, -0.2) is 14.3 Å². The number of rotatable bonds is 8. The molecular formula is C20H17F2IN2O4. The van der Waals surface area contributed by atoms with E-state index in [-0.39, 0.29) is 35.7 Å². The highest BCUT2D eigenvalue weighted by atomic mass is 127. The molecule has 0 aliphatic rings. The van der Waals surface area contributed by atoms with Gasteiger partial charge in [-0.2, -0.15) is 0 Å². The van der Waals surface area contributed by atoms with Gasteiger partial charge in [0.15, 0.2) is 11.4 Å². The van der Waals surface area contributed by atoms with Crippen LogP contribution in [0.25, 0.3) is 11.0 Å². The lowest BCUT2D eigenvalue weighted by molar-refractivity contribution is 0.0145. The van der Waals surface area contributed by atoms with Crippen LogP contribution in [0.3, 0.4) is 0 Å². The van der Waals surface area contributed by atoms with Crippen molar-refractivity contribution in [3.63, 3.8) is 0 Å². The zero-order valence-electron chi connectivity index (χ0n) is 15.4. The second-order valence-electron chi connectivity index (χ2n) is 5.97. The molecule has 2 aromatic carbocycles. The molecule has 0 aliphatic heterocycles. The van der Waals surface area contributed by atoms with Gasteiger partial charge >= 0.3 is 0 Å². The third kappa shape index (κ3) is 4.67. The van der Waals surface area contributed by atoms with Crippen molar-refractivity contribution in [2.75, 3.05) is 18.5 Å². The molecule has 152 valence electrons. The molecule has 1 heterocycles. The number of anilines is 2. The molecule has 0 fully saturated rings. The SMILES string of the molecule is C=COCCONC(=O)c1cc2c(C)coc2c(F)c1Nc1ccc(I)cc1F. The molecule has 0 atom stereocenters. The molecule has 6 nitrogen and oxygen atoms in total. The number of furan rings is 1. The zero-order valence-corrected chi connectivity index (χ0v) is 17.5. The predicted octanol–water partition coefficient (Wildman–Crippen LogP) is 5.19.